The van der Waals surface area contributed by atoms with Crippen molar-refractivity contribution < 1.29 is 9.53 Å². The fourth-order valence-corrected chi connectivity index (χ4v) is 2.12. The molecule has 0 bridgehead atoms. The lowest BCUT2D eigenvalue weighted by Gasteiger charge is -2.39. The molecule has 0 N–H and O–H groups in total. The molecule has 0 atom stereocenters. The number of nitrogens with zero attached hydrogens (tertiary/aromatic N) is 2. The largest absolute Gasteiger partial charge is 0.464 e. The van der Waals surface area contributed by atoms with E-state index >= 15 is 0 Å². The van der Waals surface area contributed by atoms with Gasteiger partial charge >= 0.3 is 5.97 Å². The van der Waals surface area contributed by atoms with E-state index in [9.17, 15) is 4.79 Å². The van der Waals surface area contributed by atoms with Crippen LogP contribution in [0.1, 0.15) is 26.2 Å². The summed E-state index contributed by atoms with van der Waals surface area (Å²) in [6, 6.07) is 0. The van der Waals surface area contributed by atoms with E-state index in [2.05, 4.69) is 21.0 Å². The van der Waals surface area contributed by atoms with E-state index in [0.717, 1.165) is 23.7 Å². The van der Waals surface area contributed by atoms with Gasteiger partial charge in [0.25, 0.3) is 0 Å². The second-order valence-corrected chi connectivity index (χ2v) is 4.62. The third kappa shape index (κ3) is 1.69. The van der Waals surface area contributed by atoms with Gasteiger partial charge in [-0.25, -0.2) is 4.79 Å². The second kappa shape index (κ2) is 3.96. The highest BCUT2D eigenvalue weighted by molar-refractivity contribution is 9.10. The highest BCUT2D eigenvalue weighted by Gasteiger charge is 2.48. The van der Waals surface area contributed by atoms with Crippen LogP contribution in [0.2, 0.25) is 0 Å². The van der Waals surface area contributed by atoms with E-state index in [1.165, 1.54) is 0 Å². The van der Waals surface area contributed by atoms with Gasteiger partial charge in [0.15, 0.2) is 5.54 Å². The van der Waals surface area contributed by atoms with Crippen molar-refractivity contribution in [2.75, 3.05) is 6.61 Å². The molecular weight excluding hydrogens is 260 g/mol. The lowest BCUT2D eigenvalue weighted by molar-refractivity contribution is -0.160. The smallest absolute Gasteiger partial charge is 0.334 e. The molecule has 0 amide bonds. The van der Waals surface area contributed by atoms with Crippen LogP contribution in [-0.4, -0.2) is 22.4 Å². The summed E-state index contributed by atoms with van der Waals surface area (Å²) in [6.45, 7) is 2.24. The average Bonchev–Trinajstić information content (AvgIpc) is 2.51. The Balaban J connectivity index is 2.25. The van der Waals surface area contributed by atoms with Gasteiger partial charge in [0.05, 0.1) is 17.3 Å². The van der Waals surface area contributed by atoms with Crippen molar-refractivity contribution in [3.8, 4) is 0 Å². The Kier molecular flexibility index (Phi) is 2.82. The van der Waals surface area contributed by atoms with Crippen LogP contribution in [0.15, 0.2) is 16.9 Å². The van der Waals surface area contributed by atoms with Crippen LogP contribution in [0.4, 0.5) is 0 Å². The molecule has 0 radical (unpaired) electrons. The van der Waals surface area contributed by atoms with Gasteiger partial charge in [-0.1, -0.05) is 0 Å². The fourth-order valence-electron chi connectivity index (χ4n) is 1.84. The maximum Gasteiger partial charge on any atom is 0.334 e. The summed E-state index contributed by atoms with van der Waals surface area (Å²) < 4.78 is 7.71. The number of ether oxygens (including phenoxy) is 1. The van der Waals surface area contributed by atoms with Crippen LogP contribution in [0.5, 0.6) is 0 Å². The quantitative estimate of drug-likeness (QED) is 0.792. The van der Waals surface area contributed by atoms with Crippen molar-refractivity contribution in [2.24, 2.45) is 0 Å². The van der Waals surface area contributed by atoms with Crippen molar-refractivity contribution in [3.63, 3.8) is 0 Å². The summed E-state index contributed by atoms with van der Waals surface area (Å²) in [6.07, 6.45) is 6.21. The van der Waals surface area contributed by atoms with Crippen LogP contribution in [0.25, 0.3) is 0 Å². The van der Waals surface area contributed by atoms with Gasteiger partial charge in [-0.05, 0) is 42.1 Å². The predicted molar refractivity (Wildman–Crippen MR) is 58.4 cm³/mol. The van der Waals surface area contributed by atoms with Crippen molar-refractivity contribution in [1.29, 1.82) is 0 Å². The standard InChI is InChI=1S/C10H13BrN2O2/c1-2-15-9(14)10(4-3-5-10)13-7-8(11)6-12-13/h6-7H,2-5H2,1H3. The first-order valence-corrected chi connectivity index (χ1v) is 5.86. The van der Waals surface area contributed by atoms with E-state index in [1.807, 2.05) is 13.1 Å². The van der Waals surface area contributed by atoms with E-state index in [1.54, 1.807) is 10.9 Å². The van der Waals surface area contributed by atoms with Crippen LogP contribution in [0.3, 0.4) is 0 Å². The summed E-state index contributed by atoms with van der Waals surface area (Å²) in [5, 5.41) is 4.18. The lowest BCUT2D eigenvalue weighted by atomic mass is 9.77. The first-order valence-electron chi connectivity index (χ1n) is 5.07. The number of halogens is 1. The molecule has 0 unspecified atom stereocenters. The molecule has 0 spiro atoms. The maximum atomic E-state index is 11.9. The van der Waals surface area contributed by atoms with Gasteiger partial charge in [-0.15, -0.1) is 0 Å². The highest BCUT2D eigenvalue weighted by atomic mass is 79.9. The van der Waals surface area contributed by atoms with Gasteiger partial charge in [-0.3, -0.25) is 4.68 Å². The van der Waals surface area contributed by atoms with Crippen LogP contribution in [-0.2, 0) is 15.1 Å². The van der Waals surface area contributed by atoms with Crippen LogP contribution >= 0.6 is 15.9 Å². The molecule has 1 aromatic rings. The Labute approximate surface area is 96.7 Å². The SMILES string of the molecule is CCOC(=O)C1(n2cc(Br)cn2)CCC1. The summed E-state index contributed by atoms with van der Waals surface area (Å²) >= 11 is 3.33. The molecule has 1 aliphatic carbocycles. The van der Waals surface area contributed by atoms with Crippen molar-refractivity contribution in [1.82, 2.24) is 9.78 Å². The molecule has 1 saturated carbocycles. The lowest BCUT2D eigenvalue weighted by Crippen LogP contribution is -2.49. The van der Waals surface area contributed by atoms with E-state index in [4.69, 9.17) is 4.74 Å². The van der Waals surface area contributed by atoms with E-state index in [0.29, 0.717) is 6.61 Å². The number of rotatable bonds is 3. The number of hydrogen-bond acceptors (Lipinski definition) is 3. The molecule has 5 heteroatoms. The molecule has 82 valence electrons. The third-order valence-electron chi connectivity index (χ3n) is 2.83. The second-order valence-electron chi connectivity index (χ2n) is 3.71. The molecule has 1 aromatic heterocycles. The first-order chi connectivity index (χ1) is 7.19. The van der Waals surface area contributed by atoms with Gasteiger partial charge in [0.1, 0.15) is 0 Å². The van der Waals surface area contributed by atoms with Gasteiger partial charge < -0.3 is 4.74 Å². The van der Waals surface area contributed by atoms with Crippen molar-refractivity contribution in [2.45, 2.75) is 31.7 Å². The molecule has 1 aliphatic rings. The minimum absolute atomic E-state index is 0.160. The summed E-state index contributed by atoms with van der Waals surface area (Å²) in [4.78, 5) is 11.9. The molecule has 0 saturated heterocycles. The molecular formula is C10H13BrN2O2. The number of hydrogen-bond donors (Lipinski definition) is 0. The average molecular weight is 273 g/mol. The minimum Gasteiger partial charge on any atom is -0.464 e. The predicted octanol–water partition coefficient (Wildman–Crippen LogP) is 2.09. The van der Waals surface area contributed by atoms with Crippen LogP contribution in [0, 0.1) is 0 Å². The highest BCUT2D eigenvalue weighted by Crippen LogP contribution is 2.40. The number of esters is 1. The molecule has 2 rings (SSSR count). The zero-order valence-corrected chi connectivity index (χ0v) is 10.2. The molecule has 4 nitrogen and oxygen atoms in total. The number of carbonyl (C=O) groups is 1. The zero-order valence-electron chi connectivity index (χ0n) is 8.57. The number of carbonyl (C=O) groups excluding carboxylic acids is 1. The summed E-state index contributed by atoms with van der Waals surface area (Å²) in [5.74, 6) is -0.160. The Hall–Kier alpha value is -0.840. The normalized spacial score (nSPS) is 18.3. The zero-order chi connectivity index (χ0) is 10.9. The number of aromatic nitrogens is 2. The first kappa shape index (κ1) is 10.7. The molecule has 1 fully saturated rings. The van der Waals surface area contributed by atoms with E-state index in [-0.39, 0.29) is 5.97 Å². The molecule has 0 aliphatic heterocycles. The van der Waals surface area contributed by atoms with E-state index < -0.39 is 5.54 Å². The monoisotopic (exact) mass is 272 g/mol. The van der Waals surface area contributed by atoms with Crippen LogP contribution < -0.4 is 0 Å². The molecule has 15 heavy (non-hydrogen) atoms. The Morgan fingerprint density at radius 1 is 1.73 bits per heavy atom. The van der Waals surface area contributed by atoms with Gasteiger partial charge in [0.2, 0.25) is 0 Å². The Morgan fingerprint density at radius 3 is 2.87 bits per heavy atom. The Morgan fingerprint density at radius 2 is 2.47 bits per heavy atom. The summed E-state index contributed by atoms with van der Waals surface area (Å²) in [7, 11) is 0. The minimum atomic E-state index is -0.540. The maximum absolute atomic E-state index is 11.9. The van der Waals surface area contributed by atoms with Crippen molar-refractivity contribution in [3.05, 3.63) is 16.9 Å². The fraction of sp³-hybridized carbons (Fsp3) is 0.600. The molecule has 0 aromatic carbocycles. The molecule has 1 heterocycles. The van der Waals surface area contributed by atoms with Gasteiger partial charge in [-0.2, -0.15) is 5.10 Å². The topological polar surface area (TPSA) is 44.1 Å². The summed E-state index contributed by atoms with van der Waals surface area (Å²) in [5.41, 5.74) is -0.540. The Bertz CT molecular complexity index is 371. The van der Waals surface area contributed by atoms with Gasteiger partial charge in [0, 0.05) is 6.20 Å². The van der Waals surface area contributed by atoms with Crippen molar-refractivity contribution >= 4 is 21.9 Å². The third-order valence-corrected chi connectivity index (χ3v) is 3.24.